The molecule has 1 aliphatic heterocycles. The summed E-state index contributed by atoms with van der Waals surface area (Å²) in [7, 11) is -3.49. The fraction of sp³-hybridized carbons (Fsp3) is 0.929. The van der Waals surface area contributed by atoms with Crippen molar-refractivity contribution in [1.29, 1.82) is 0 Å². The third-order valence-electron chi connectivity index (χ3n) is 6.04. The number of morpholine rings is 1. The third-order valence-corrected chi connectivity index (χ3v) is 8.34. The van der Waals surface area contributed by atoms with Crippen molar-refractivity contribution in [2.45, 2.75) is 32.4 Å². The Morgan fingerprint density at radius 2 is 1.95 bits per heavy atom. The van der Waals surface area contributed by atoms with E-state index < -0.39 is 15.3 Å². The molecule has 1 N–H and O–H groups in total. The van der Waals surface area contributed by atoms with Gasteiger partial charge in [0.05, 0.1) is 18.9 Å². The van der Waals surface area contributed by atoms with Crippen LogP contribution in [0.15, 0.2) is 5.16 Å². The van der Waals surface area contributed by atoms with Gasteiger partial charge in [0.2, 0.25) is 10.0 Å². The molecule has 4 atom stereocenters. The van der Waals surface area contributed by atoms with Crippen LogP contribution in [-0.2, 0) is 14.8 Å². The van der Waals surface area contributed by atoms with Crippen LogP contribution in [0.1, 0.15) is 27.2 Å². The van der Waals surface area contributed by atoms with Crippen LogP contribution in [0.4, 0.5) is 0 Å². The van der Waals surface area contributed by atoms with Crippen LogP contribution in [0.2, 0.25) is 0 Å². The van der Waals surface area contributed by atoms with Crippen molar-refractivity contribution >= 4 is 15.7 Å². The van der Waals surface area contributed by atoms with E-state index in [-0.39, 0.29) is 17.3 Å². The first kappa shape index (κ1) is 15.2. The molecule has 0 radical (unpaired) electrons. The quantitative estimate of drug-likeness (QED) is 0.612. The number of oxime groups is 1. The summed E-state index contributed by atoms with van der Waals surface area (Å²) in [6.45, 7) is 8.07. The van der Waals surface area contributed by atoms with Crippen molar-refractivity contribution < 1.29 is 18.4 Å². The summed E-state index contributed by atoms with van der Waals surface area (Å²) in [4.78, 5) is 0. The fourth-order valence-corrected chi connectivity index (χ4v) is 6.78. The maximum absolute atomic E-state index is 13.0. The molecule has 6 nitrogen and oxygen atoms in total. The second-order valence-corrected chi connectivity index (χ2v) is 9.11. The lowest BCUT2D eigenvalue weighted by Gasteiger charge is -2.42. The van der Waals surface area contributed by atoms with Gasteiger partial charge in [-0.2, -0.15) is 4.31 Å². The first-order chi connectivity index (χ1) is 9.81. The topological polar surface area (TPSA) is 79.2 Å². The Morgan fingerprint density at radius 3 is 2.52 bits per heavy atom. The average molecular weight is 316 g/mol. The maximum atomic E-state index is 13.0. The van der Waals surface area contributed by atoms with Crippen LogP contribution in [0, 0.1) is 23.2 Å². The lowest BCUT2D eigenvalue weighted by Crippen LogP contribution is -2.53. The van der Waals surface area contributed by atoms with Crippen LogP contribution in [0.5, 0.6) is 0 Å². The molecule has 3 rings (SSSR count). The molecule has 1 heterocycles. The zero-order chi connectivity index (χ0) is 15.4. The van der Waals surface area contributed by atoms with E-state index in [1.54, 1.807) is 0 Å². The van der Waals surface area contributed by atoms with Crippen LogP contribution < -0.4 is 0 Å². The predicted molar refractivity (Wildman–Crippen MR) is 78.9 cm³/mol. The lowest BCUT2D eigenvalue weighted by molar-refractivity contribution is 0.0719. The first-order valence-corrected chi connectivity index (χ1v) is 9.10. The molecular formula is C14H24N2O4S. The second kappa shape index (κ2) is 4.93. The van der Waals surface area contributed by atoms with Gasteiger partial charge >= 0.3 is 0 Å². The molecule has 120 valence electrons. The highest BCUT2D eigenvalue weighted by atomic mass is 32.2. The summed E-state index contributed by atoms with van der Waals surface area (Å²) in [6.07, 6.45) is 0.807. The highest BCUT2D eigenvalue weighted by Crippen LogP contribution is 2.59. The van der Waals surface area contributed by atoms with Crippen molar-refractivity contribution in [3.8, 4) is 0 Å². The summed E-state index contributed by atoms with van der Waals surface area (Å²) < 4.78 is 32.8. The Kier molecular flexibility index (Phi) is 3.58. The summed E-state index contributed by atoms with van der Waals surface area (Å²) in [5.74, 6) is 0.441. The summed E-state index contributed by atoms with van der Waals surface area (Å²) in [6, 6.07) is 0. The standard InChI is InChI=1S/C14H24N2O4S/c1-9-10-8-11(14(9,2)3)13(12(10)15-17)21(18,19)16-4-6-20-7-5-16/h9-11,13,17H,4-8H2,1-3H3/b15-12+/t9-,10+,11-,13+/m1/s1. The fourth-order valence-electron chi connectivity index (χ4n) is 4.40. The number of sulfonamides is 1. The molecule has 0 unspecified atom stereocenters. The lowest BCUT2D eigenvalue weighted by atomic mass is 9.69. The van der Waals surface area contributed by atoms with Crippen LogP contribution in [0.25, 0.3) is 0 Å². The van der Waals surface area contributed by atoms with Gasteiger partial charge in [-0.3, -0.25) is 0 Å². The van der Waals surface area contributed by atoms with Gasteiger partial charge in [0, 0.05) is 19.0 Å². The van der Waals surface area contributed by atoms with E-state index in [4.69, 9.17) is 4.74 Å². The first-order valence-electron chi connectivity index (χ1n) is 7.60. The zero-order valence-electron chi connectivity index (χ0n) is 12.8. The van der Waals surface area contributed by atoms with Gasteiger partial charge in [-0.1, -0.05) is 25.9 Å². The summed E-state index contributed by atoms with van der Waals surface area (Å²) in [5, 5.41) is 12.1. The number of hydrogen-bond acceptors (Lipinski definition) is 5. The molecule has 2 saturated carbocycles. The number of fused-ring (bicyclic) bond motifs is 2. The maximum Gasteiger partial charge on any atom is 0.222 e. The van der Waals surface area contributed by atoms with Crippen molar-refractivity contribution in [1.82, 2.24) is 4.31 Å². The molecule has 0 amide bonds. The Labute approximate surface area is 126 Å². The van der Waals surface area contributed by atoms with Crippen molar-refractivity contribution in [3.63, 3.8) is 0 Å². The van der Waals surface area contributed by atoms with Gasteiger partial charge in [-0.25, -0.2) is 8.42 Å². The molecule has 1 saturated heterocycles. The third kappa shape index (κ3) is 2.04. The van der Waals surface area contributed by atoms with E-state index in [1.165, 1.54) is 4.31 Å². The molecule has 0 spiro atoms. The van der Waals surface area contributed by atoms with Gasteiger partial charge in [0.25, 0.3) is 0 Å². The van der Waals surface area contributed by atoms with Crippen LogP contribution in [-0.4, -0.2) is 55.2 Å². The van der Waals surface area contributed by atoms with Crippen LogP contribution in [0.3, 0.4) is 0 Å². The second-order valence-electron chi connectivity index (χ2n) is 7.06. The van der Waals surface area contributed by atoms with Crippen molar-refractivity contribution in [2.24, 2.45) is 28.3 Å². The van der Waals surface area contributed by atoms with E-state index in [2.05, 4.69) is 25.9 Å². The Balaban J connectivity index is 1.97. The zero-order valence-corrected chi connectivity index (χ0v) is 13.6. The molecular weight excluding hydrogens is 292 g/mol. The number of rotatable bonds is 2. The number of nitrogens with zero attached hydrogens (tertiary/aromatic N) is 2. The van der Waals surface area contributed by atoms with Gasteiger partial charge in [-0.15, -0.1) is 0 Å². The highest BCUT2D eigenvalue weighted by molar-refractivity contribution is 7.90. The molecule has 0 aromatic carbocycles. The van der Waals surface area contributed by atoms with E-state index >= 15 is 0 Å². The number of ether oxygens (including phenoxy) is 1. The van der Waals surface area contributed by atoms with Crippen molar-refractivity contribution in [2.75, 3.05) is 26.3 Å². The monoisotopic (exact) mass is 316 g/mol. The van der Waals surface area contributed by atoms with Crippen molar-refractivity contribution in [3.05, 3.63) is 0 Å². The molecule has 0 aromatic rings. The highest BCUT2D eigenvalue weighted by Gasteiger charge is 2.63. The van der Waals surface area contributed by atoms with E-state index in [0.29, 0.717) is 37.9 Å². The molecule has 3 fully saturated rings. The Hall–Kier alpha value is -0.660. The Bertz CT molecular complexity index is 551. The molecule has 21 heavy (non-hydrogen) atoms. The smallest absolute Gasteiger partial charge is 0.222 e. The van der Waals surface area contributed by atoms with Gasteiger partial charge in [0.15, 0.2) is 0 Å². The number of hydrogen-bond donors (Lipinski definition) is 1. The summed E-state index contributed by atoms with van der Waals surface area (Å²) >= 11 is 0. The molecule has 2 bridgehead atoms. The van der Waals surface area contributed by atoms with E-state index in [1.807, 2.05) is 0 Å². The SMILES string of the molecule is C[C@@H]1[C@@H]2C[C@H]([C@H](S(=O)(=O)N3CCOCC3)/C2=N/O)C1(C)C. The minimum atomic E-state index is -3.49. The predicted octanol–water partition coefficient (Wildman–Crippen LogP) is 1.16. The minimum absolute atomic E-state index is 0.0243. The molecule has 2 aliphatic carbocycles. The van der Waals surface area contributed by atoms with Gasteiger partial charge < -0.3 is 9.94 Å². The molecule has 0 aromatic heterocycles. The molecule has 3 aliphatic rings. The summed E-state index contributed by atoms with van der Waals surface area (Å²) in [5.41, 5.74) is 0.418. The normalized spacial score (nSPS) is 41.8. The van der Waals surface area contributed by atoms with Gasteiger partial charge in [-0.05, 0) is 23.7 Å². The van der Waals surface area contributed by atoms with E-state index in [9.17, 15) is 13.6 Å². The Morgan fingerprint density at radius 1 is 1.33 bits per heavy atom. The van der Waals surface area contributed by atoms with E-state index in [0.717, 1.165) is 6.42 Å². The largest absolute Gasteiger partial charge is 0.411 e. The average Bonchev–Trinajstić information content (AvgIpc) is 2.96. The van der Waals surface area contributed by atoms with Crippen LogP contribution >= 0.6 is 0 Å². The van der Waals surface area contributed by atoms with Gasteiger partial charge in [0.1, 0.15) is 5.25 Å². The minimum Gasteiger partial charge on any atom is -0.411 e. The molecule has 7 heteroatoms.